The van der Waals surface area contributed by atoms with Crippen LogP contribution in [0.2, 0.25) is 4.44 Å². The van der Waals surface area contributed by atoms with Gasteiger partial charge in [0, 0.05) is 0 Å². The Kier molecular flexibility index (Phi) is 8.44. The summed E-state index contributed by atoms with van der Waals surface area (Å²) in [6, 6.07) is 24.8. The van der Waals surface area contributed by atoms with Crippen molar-refractivity contribution in [3.63, 3.8) is 0 Å². The Morgan fingerprint density at radius 3 is 1.19 bits per heavy atom. The fourth-order valence-corrected chi connectivity index (χ4v) is 3.44. The molecule has 0 aliphatic rings. The minimum atomic E-state index is -2.20. The van der Waals surface area contributed by atoms with Gasteiger partial charge in [-0.15, -0.1) is 0 Å². The zero-order valence-corrected chi connectivity index (χ0v) is 20.6. The fraction of sp³-hybridized carbons (Fsp3) is 0.160. The second-order valence-electron chi connectivity index (χ2n) is 6.84. The Morgan fingerprint density at radius 2 is 0.906 bits per heavy atom. The van der Waals surface area contributed by atoms with Crippen molar-refractivity contribution in [2.75, 3.05) is 0 Å². The van der Waals surface area contributed by atoms with Crippen LogP contribution in [0.15, 0.2) is 91.0 Å². The molecule has 3 rings (SSSR count). The summed E-state index contributed by atoms with van der Waals surface area (Å²) in [7, 11) is 0. The van der Waals surface area contributed by atoms with Crippen molar-refractivity contribution < 1.29 is 28.6 Å². The molecule has 0 aromatic heterocycles. The van der Waals surface area contributed by atoms with E-state index in [1.54, 1.807) is 91.0 Å². The summed E-state index contributed by atoms with van der Waals surface area (Å²) >= 11 is 0.951. The standard InChI is InChI=1S/C25H21O6.Sn.H/c1-2-18-25(29-22(26)19-12-6-3-7-13-19,30-23(27)20-14-8-4-9-15-20)31-24(28)21-16-10-5-11-17-21;;/h3-17H,1-2,18H2;;. The molecule has 0 amide bonds. The second kappa shape index (κ2) is 11.5. The van der Waals surface area contributed by atoms with E-state index in [1.165, 1.54) is 0 Å². The zero-order chi connectivity index (χ0) is 22.8. The van der Waals surface area contributed by atoms with Crippen LogP contribution in [0.25, 0.3) is 0 Å². The first-order valence-corrected chi connectivity index (χ1v) is 12.4. The Morgan fingerprint density at radius 1 is 0.594 bits per heavy atom. The number of rotatable bonds is 9. The summed E-state index contributed by atoms with van der Waals surface area (Å²) < 4.78 is 17.6. The molecule has 0 N–H and O–H groups in total. The van der Waals surface area contributed by atoms with Gasteiger partial charge in [0.05, 0.1) is 0 Å². The molecule has 0 bridgehead atoms. The van der Waals surface area contributed by atoms with Gasteiger partial charge >= 0.3 is 200 Å². The monoisotopic (exact) mass is 538 g/mol. The van der Waals surface area contributed by atoms with Crippen molar-refractivity contribution in [3.8, 4) is 0 Å². The number of carbonyl (C=O) groups excluding carboxylic acids is 3. The molecule has 32 heavy (non-hydrogen) atoms. The van der Waals surface area contributed by atoms with Gasteiger partial charge in [0.25, 0.3) is 0 Å². The van der Waals surface area contributed by atoms with Crippen molar-refractivity contribution in [1.82, 2.24) is 0 Å². The van der Waals surface area contributed by atoms with E-state index in [9.17, 15) is 14.4 Å². The maximum atomic E-state index is 12.9. The number of hydrogen-bond acceptors (Lipinski definition) is 6. The number of esters is 3. The third-order valence-corrected chi connectivity index (χ3v) is 5.63. The molecular formula is C25H22O6Sn. The Hall–Kier alpha value is -3.13. The third-order valence-electron chi connectivity index (χ3n) is 4.46. The van der Waals surface area contributed by atoms with Crippen LogP contribution >= 0.6 is 0 Å². The van der Waals surface area contributed by atoms with Gasteiger partial charge in [-0.05, 0) is 0 Å². The van der Waals surface area contributed by atoms with E-state index in [4.69, 9.17) is 14.2 Å². The molecule has 3 aromatic carbocycles. The number of carbonyl (C=O) groups is 3. The quantitative estimate of drug-likeness (QED) is 0.230. The molecule has 7 heteroatoms. The van der Waals surface area contributed by atoms with Crippen LogP contribution in [0.1, 0.15) is 43.9 Å². The van der Waals surface area contributed by atoms with Gasteiger partial charge < -0.3 is 0 Å². The SMILES string of the molecule is O=C(OC(CC[CH2][SnH])(OC(=O)c1ccccc1)OC(=O)c1ccccc1)c1ccccc1. The van der Waals surface area contributed by atoms with Crippen LogP contribution in [0, 0.1) is 0 Å². The van der Waals surface area contributed by atoms with E-state index >= 15 is 0 Å². The van der Waals surface area contributed by atoms with Gasteiger partial charge in [-0.2, -0.15) is 0 Å². The summed E-state index contributed by atoms with van der Waals surface area (Å²) in [5.41, 5.74) is 0.732. The van der Waals surface area contributed by atoms with Crippen LogP contribution < -0.4 is 0 Å². The predicted octanol–water partition coefficient (Wildman–Crippen LogP) is 4.31. The van der Waals surface area contributed by atoms with Crippen molar-refractivity contribution in [2.45, 2.75) is 23.3 Å². The van der Waals surface area contributed by atoms with E-state index in [0.717, 1.165) is 27.0 Å². The van der Waals surface area contributed by atoms with Crippen LogP contribution in [0.3, 0.4) is 0 Å². The average molecular weight is 537 g/mol. The Bertz CT molecular complexity index is 908. The van der Waals surface area contributed by atoms with E-state index in [2.05, 4.69) is 0 Å². The van der Waals surface area contributed by atoms with Crippen LogP contribution in [0.5, 0.6) is 0 Å². The van der Waals surface area contributed by atoms with E-state index < -0.39 is 23.9 Å². The van der Waals surface area contributed by atoms with Crippen LogP contribution in [-0.4, -0.2) is 46.4 Å². The van der Waals surface area contributed by atoms with Crippen molar-refractivity contribution in [2.24, 2.45) is 0 Å². The maximum absolute atomic E-state index is 12.9. The number of ether oxygens (including phenoxy) is 3. The summed E-state index contributed by atoms with van der Waals surface area (Å²) in [6.07, 6.45) is 0.554. The molecule has 0 heterocycles. The topological polar surface area (TPSA) is 78.9 Å². The first-order valence-electron chi connectivity index (χ1n) is 10.1. The Balaban J connectivity index is 1.95. The molecule has 0 aliphatic heterocycles. The molecule has 0 aliphatic carbocycles. The Labute approximate surface area is 199 Å². The summed E-state index contributed by atoms with van der Waals surface area (Å²) in [4.78, 5) is 38.6. The summed E-state index contributed by atoms with van der Waals surface area (Å²) in [6.45, 7) is 0. The molecule has 0 unspecified atom stereocenters. The molecule has 162 valence electrons. The molecule has 0 atom stereocenters. The first-order chi connectivity index (χ1) is 15.5. The molecule has 6 nitrogen and oxygen atoms in total. The molecule has 0 saturated heterocycles. The zero-order valence-electron chi connectivity index (χ0n) is 17.3. The van der Waals surface area contributed by atoms with Crippen molar-refractivity contribution in [1.29, 1.82) is 0 Å². The molecule has 0 saturated carbocycles. The van der Waals surface area contributed by atoms with Crippen LogP contribution in [-0.2, 0) is 14.2 Å². The number of benzene rings is 3. The third kappa shape index (κ3) is 6.43. The second-order valence-corrected chi connectivity index (χ2v) is 8.49. The molecular weight excluding hydrogens is 515 g/mol. The van der Waals surface area contributed by atoms with Gasteiger partial charge in [-0.3, -0.25) is 0 Å². The van der Waals surface area contributed by atoms with Crippen molar-refractivity contribution >= 4 is 40.4 Å². The van der Waals surface area contributed by atoms with Gasteiger partial charge in [0.2, 0.25) is 0 Å². The molecule has 0 fully saturated rings. The average Bonchev–Trinajstić information content (AvgIpc) is 2.84. The van der Waals surface area contributed by atoms with Gasteiger partial charge in [-0.25, -0.2) is 0 Å². The van der Waals surface area contributed by atoms with Gasteiger partial charge in [-0.1, -0.05) is 0 Å². The van der Waals surface area contributed by atoms with Gasteiger partial charge in [0.1, 0.15) is 0 Å². The molecule has 2 radical (unpaired) electrons. The van der Waals surface area contributed by atoms with Crippen molar-refractivity contribution in [3.05, 3.63) is 108 Å². The van der Waals surface area contributed by atoms with E-state index in [-0.39, 0.29) is 23.1 Å². The molecule has 3 aromatic rings. The normalized spacial score (nSPS) is 10.8. The summed E-state index contributed by atoms with van der Waals surface area (Å²) in [5, 5.41) is 0. The molecule has 0 spiro atoms. The van der Waals surface area contributed by atoms with E-state index in [0.29, 0.717) is 6.42 Å². The fourth-order valence-electron chi connectivity index (χ4n) is 2.86. The predicted molar refractivity (Wildman–Crippen MR) is 119 cm³/mol. The number of hydrogen-bond donors (Lipinski definition) is 0. The first kappa shape index (κ1) is 23.5. The van der Waals surface area contributed by atoms with Gasteiger partial charge in [0.15, 0.2) is 0 Å². The summed E-state index contributed by atoms with van der Waals surface area (Å²) in [5.74, 6) is -4.49. The van der Waals surface area contributed by atoms with Crippen LogP contribution in [0.4, 0.5) is 0 Å². The minimum absolute atomic E-state index is 0.0178. The van der Waals surface area contributed by atoms with E-state index in [1.807, 2.05) is 0 Å².